The summed E-state index contributed by atoms with van der Waals surface area (Å²) in [7, 11) is -4.31. The number of para-hydroxylation sites is 2. The van der Waals surface area contributed by atoms with Gasteiger partial charge in [0.15, 0.2) is 0 Å². The summed E-state index contributed by atoms with van der Waals surface area (Å²) in [6, 6.07) is 96.9. The average molecular weight is 1110 g/mol. The van der Waals surface area contributed by atoms with Crippen molar-refractivity contribution in [2.24, 2.45) is 0 Å². The number of fused-ring (bicyclic) bond motifs is 15. The summed E-state index contributed by atoms with van der Waals surface area (Å²) in [4.78, 5) is 4.90. The zero-order chi connectivity index (χ0) is 57.0. The number of hydrogen-bond donors (Lipinski definition) is 0. The third-order valence-electron chi connectivity index (χ3n) is 20.1. The van der Waals surface area contributed by atoms with E-state index >= 15 is 0 Å². The van der Waals surface area contributed by atoms with Crippen molar-refractivity contribution < 1.29 is 0 Å². The zero-order valence-electron chi connectivity index (χ0n) is 49.1. The smallest absolute Gasteiger partial charge is 0.113 e. The molecule has 0 amide bonds. The molecule has 0 saturated heterocycles. The first-order chi connectivity index (χ1) is 40.7. The van der Waals surface area contributed by atoms with E-state index in [9.17, 15) is 0 Å². The highest BCUT2D eigenvalue weighted by atomic mass is 28.3. The summed E-state index contributed by atoms with van der Waals surface area (Å²) in [6.45, 7) is 19.7. The van der Waals surface area contributed by atoms with E-state index in [2.05, 4.69) is 318 Å². The highest BCUT2D eigenvalue weighted by Gasteiger charge is 2.43. The van der Waals surface area contributed by atoms with Crippen LogP contribution >= 0.6 is 0 Å². The quantitative estimate of drug-likeness (QED) is 0.140. The van der Waals surface area contributed by atoms with Gasteiger partial charge in [-0.1, -0.05) is 224 Å². The molecule has 2 aliphatic carbocycles. The van der Waals surface area contributed by atoms with Crippen molar-refractivity contribution in [3.05, 3.63) is 277 Å². The number of nitrogens with zero attached hydrogens (tertiary/aromatic N) is 2. The van der Waals surface area contributed by atoms with Gasteiger partial charge in [-0.2, -0.15) is 0 Å². The Balaban J connectivity index is 0.742. The van der Waals surface area contributed by atoms with Crippen molar-refractivity contribution in [2.45, 2.75) is 64.7 Å². The topological polar surface area (TPSA) is 6.48 Å². The highest BCUT2D eigenvalue weighted by molar-refractivity contribution is 7.05. The summed E-state index contributed by atoms with van der Waals surface area (Å²) < 4.78 is 0. The fourth-order valence-corrected chi connectivity index (χ4v) is 21.7. The third-order valence-corrected chi connectivity index (χ3v) is 27.1. The van der Waals surface area contributed by atoms with Crippen LogP contribution in [0.25, 0.3) is 77.5 Å². The largest absolute Gasteiger partial charge is 0.311 e. The van der Waals surface area contributed by atoms with Gasteiger partial charge < -0.3 is 9.80 Å². The van der Waals surface area contributed by atoms with Crippen molar-refractivity contribution in [3.63, 3.8) is 0 Å². The second kappa shape index (κ2) is 18.2. The molecule has 12 aromatic rings. The van der Waals surface area contributed by atoms with E-state index in [4.69, 9.17) is 0 Å². The highest BCUT2D eigenvalue weighted by Crippen LogP contribution is 2.52. The van der Waals surface area contributed by atoms with Gasteiger partial charge in [0, 0.05) is 45.0 Å². The molecule has 0 radical (unpaired) electrons. The summed E-state index contributed by atoms with van der Waals surface area (Å²) >= 11 is 0. The molecule has 2 nitrogen and oxygen atoms in total. The standard InChI is InChI=1S/C80H66N2Si2/c1-79(2)69-25-17-15-23-61(69)63-39-31-53(47-71(63)79)51-27-33-57(34-28-51)81(55-19-11-9-12-20-55)59-37-41-67-75(49-59)83(5,6)73-45-43-66-65(77(67)73)44-46-74-78(66)68-42-38-60(50-76(68)84(74,7)8)82(56-21-13-10-14-22-56)58-35-29-52(30-36-58)54-32-40-64-62-24-16-18-26-70(62)80(3,4)72(64)48-54/h9-50H,1-8H3. The molecule has 16 rings (SSSR count). The molecule has 0 fully saturated rings. The Morgan fingerprint density at radius 2 is 0.571 bits per heavy atom. The molecule has 0 spiro atoms. The van der Waals surface area contributed by atoms with Crippen LogP contribution in [0.15, 0.2) is 255 Å². The predicted molar refractivity (Wildman–Crippen MR) is 364 cm³/mol. The molecule has 4 aliphatic rings. The Bertz CT molecular complexity index is 4400. The van der Waals surface area contributed by atoms with Crippen molar-refractivity contribution in [1.82, 2.24) is 0 Å². The Morgan fingerprint density at radius 3 is 0.976 bits per heavy atom. The molecule has 0 N–H and O–H groups in total. The van der Waals surface area contributed by atoms with Crippen molar-refractivity contribution in [3.8, 4) is 66.8 Å². The molecule has 84 heavy (non-hydrogen) atoms. The van der Waals surface area contributed by atoms with Crippen molar-refractivity contribution in [2.75, 3.05) is 9.80 Å². The number of rotatable bonds is 8. The minimum absolute atomic E-state index is 0.0450. The Labute approximate surface area is 497 Å². The average Bonchev–Trinajstić information content (AvgIpc) is 1.66. The van der Waals surface area contributed by atoms with Crippen LogP contribution in [0.3, 0.4) is 0 Å². The van der Waals surface area contributed by atoms with Crippen molar-refractivity contribution in [1.29, 1.82) is 0 Å². The van der Waals surface area contributed by atoms with Gasteiger partial charge in [-0.25, -0.2) is 0 Å². The first-order valence-electron chi connectivity index (χ1n) is 30.0. The predicted octanol–water partition coefficient (Wildman–Crippen LogP) is 19.3. The monoisotopic (exact) mass is 1110 g/mol. The third kappa shape index (κ3) is 7.33. The van der Waals surface area contributed by atoms with E-state index in [0.717, 1.165) is 22.7 Å². The molecule has 0 bridgehead atoms. The Kier molecular flexibility index (Phi) is 11.0. The van der Waals surface area contributed by atoms with Crippen LogP contribution < -0.4 is 30.5 Å². The van der Waals surface area contributed by atoms with Gasteiger partial charge in [0.25, 0.3) is 0 Å². The van der Waals surface area contributed by atoms with Gasteiger partial charge in [-0.05, 0) is 205 Å². The summed E-state index contributed by atoms with van der Waals surface area (Å²) in [5.41, 5.74) is 28.5. The molecule has 2 aliphatic heterocycles. The minimum Gasteiger partial charge on any atom is -0.311 e. The van der Waals surface area contributed by atoms with Crippen LogP contribution in [0.5, 0.6) is 0 Å². The van der Waals surface area contributed by atoms with Gasteiger partial charge in [-0.15, -0.1) is 0 Å². The maximum atomic E-state index is 2.56. The van der Waals surface area contributed by atoms with Crippen LogP contribution in [0.4, 0.5) is 34.1 Å². The molecule has 0 unspecified atom stereocenters. The van der Waals surface area contributed by atoms with E-state index < -0.39 is 16.1 Å². The van der Waals surface area contributed by atoms with E-state index in [0.29, 0.717) is 0 Å². The lowest BCUT2D eigenvalue weighted by atomic mass is 9.81. The van der Waals surface area contributed by atoms with Crippen LogP contribution in [-0.2, 0) is 10.8 Å². The summed E-state index contributed by atoms with van der Waals surface area (Å²) in [5, 5.41) is 8.79. The molecule has 4 heteroatoms. The summed E-state index contributed by atoms with van der Waals surface area (Å²) in [5.74, 6) is 0. The van der Waals surface area contributed by atoms with E-state index in [1.54, 1.807) is 0 Å². The Hall–Kier alpha value is -9.07. The van der Waals surface area contributed by atoms with E-state index in [-0.39, 0.29) is 10.8 Å². The van der Waals surface area contributed by atoms with E-state index in [1.165, 1.54) is 132 Å². The molecule has 0 saturated carbocycles. The lowest BCUT2D eigenvalue weighted by molar-refractivity contribution is 0.660. The zero-order valence-corrected chi connectivity index (χ0v) is 51.1. The normalized spacial score (nSPS) is 15.3. The number of benzene rings is 12. The molecule has 0 atom stereocenters. The first kappa shape index (κ1) is 50.6. The minimum atomic E-state index is -2.15. The van der Waals surface area contributed by atoms with Gasteiger partial charge in [0.1, 0.15) is 16.1 Å². The second-order valence-corrected chi connectivity index (χ2v) is 34.7. The molecular weight excluding hydrogens is 1050 g/mol. The first-order valence-corrected chi connectivity index (χ1v) is 36.0. The van der Waals surface area contributed by atoms with Gasteiger partial charge in [-0.3, -0.25) is 0 Å². The van der Waals surface area contributed by atoms with Crippen LogP contribution in [0.2, 0.25) is 26.2 Å². The molecular formula is C80H66N2Si2. The second-order valence-electron chi connectivity index (χ2n) is 26.1. The van der Waals surface area contributed by atoms with Crippen molar-refractivity contribution >= 4 is 81.8 Å². The summed E-state index contributed by atoms with van der Waals surface area (Å²) in [6.07, 6.45) is 0. The molecule has 0 aromatic heterocycles. The van der Waals surface area contributed by atoms with Crippen LogP contribution in [0.1, 0.15) is 49.9 Å². The molecule has 12 aromatic carbocycles. The SMILES string of the molecule is CC1(C)c2ccccc2-c2ccc(-c3ccc(N(c4ccccc4)c4ccc5c(c4)[Si](C)(C)c4ccc6c7c(ccc6c4-5)[Si](C)(C)c4cc(N(c5ccccc5)c5ccc(-c6ccc8c(c6)C(C)(C)c6ccccc6-8)cc5)ccc4-7)cc3)cc21. The van der Waals surface area contributed by atoms with Crippen LogP contribution in [-0.4, -0.2) is 16.1 Å². The van der Waals surface area contributed by atoms with Gasteiger partial charge >= 0.3 is 0 Å². The van der Waals surface area contributed by atoms with Crippen LogP contribution in [0, 0.1) is 0 Å². The molecule has 2 heterocycles. The lowest BCUT2D eigenvalue weighted by Crippen LogP contribution is -2.49. The van der Waals surface area contributed by atoms with Gasteiger partial charge in [0.2, 0.25) is 0 Å². The van der Waals surface area contributed by atoms with E-state index in [1.807, 2.05) is 0 Å². The lowest BCUT2D eigenvalue weighted by Gasteiger charge is -2.28. The number of hydrogen-bond acceptors (Lipinski definition) is 2. The maximum absolute atomic E-state index is 2.56. The fraction of sp³-hybridized carbons (Fsp3) is 0.125. The maximum Gasteiger partial charge on any atom is 0.113 e. The Morgan fingerprint density at radius 1 is 0.250 bits per heavy atom. The fourth-order valence-electron chi connectivity index (χ4n) is 15.6. The number of anilines is 6. The molecule has 404 valence electrons. The van der Waals surface area contributed by atoms with Gasteiger partial charge in [0.05, 0.1) is 0 Å².